The summed E-state index contributed by atoms with van der Waals surface area (Å²) in [5, 5.41) is 3.74. The summed E-state index contributed by atoms with van der Waals surface area (Å²) < 4.78 is 6.05. The fourth-order valence-corrected chi connectivity index (χ4v) is 4.07. The van der Waals surface area contributed by atoms with Crippen molar-refractivity contribution < 1.29 is 4.74 Å². The Morgan fingerprint density at radius 3 is 2.52 bits per heavy atom. The molecule has 3 rings (SSSR count). The maximum atomic E-state index is 6.05. The average molecular weight is 285 g/mol. The van der Waals surface area contributed by atoms with Crippen LogP contribution in [0.1, 0.15) is 51.0 Å². The van der Waals surface area contributed by atoms with Crippen molar-refractivity contribution in [1.29, 1.82) is 0 Å². The first-order chi connectivity index (χ1) is 10.4. The lowest BCUT2D eigenvalue weighted by Gasteiger charge is -2.40. The van der Waals surface area contributed by atoms with Crippen molar-refractivity contribution in [2.75, 3.05) is 13.2 Å². The monoisotopic (exact) mass is 285 g/mol. The molecule has 0 radical (unpaired) electrons. The Bertz CT molecular complexity index is 474. The van der Waals surface area contributed by atoms with Crippen LogP contribution in [-0.2, 0) is 10.2 Å². The third-order valence-corrected chi connectivity index (χ3v) is 5.05. The topological polar surface area (TPSA) is 21.3 Å². The molecule has 0 saturated heterocycles. The van der Waals surface area contributed by atoms with Gasteiger partial charge in [0.1, 0.15) is 5.76 Å². The molecule has 114 valence electrons. The average Bonchev–Trinajstić information content (AvgIpc) is 3.05. The molecular weight excluding hydrogens is 258 g/mol. The largest absolute Gasteiger partial charge is 0.497 e. The highest BCUT2D eigenvalue weighted by Gasteiger charge is 2.44. The quantitative estimate of drug-likeness (QED) is 0.876. The van der Waals surface area contributed by atoms with Crippen molar-refractivity contribution in [2.45, 2.75) is 56.9 Å². The maximum Gasteiger partial charge on any atom is 0.110 e. The lowest BCUT2D eigenvalue weighted by molar-refractivity contribution is 0.140. The summed E-state index contributed by atoms with van der Waals surface area (Å²) in [6, 6.07) is 11.4. The molecule has 1 aromatic rings. The second kappa shape index (κ2) is 6.65. The lowest BCUT2D eigenvalue weighted by Crippen LogP contribution is -2.49. The zero-order valence-corrected chi connectivity index (χ0v) is 13.1. The molecule has 1 aliphatic carbocycles. The first-order valence-corrected chi connectivity index (χ1v) is 8.48. The third kappa shape index (κ3) is 2.87. The van der Waals surface area contributed by atoms with E-state index in [9.17, 15) is 0 Å². The molecule has 0 bridgehead atoms. The standard InChI is InChI=1S/C19H27NO/c1-2-20-18(17-12-6-9-15-21-17)19(13-7-8-14-19)16-10-4-3-5-11-16/h3-5,10-12,18,20H,2,6-9,13-15H2,1H3. The molecule has 1 atom stereocenters. The molecule has 1 N–H and O–H groups in total. The van der Waals surface area contributed by atoms with E-state index in [2.05, 4.69) is 48.6 Å². The van der Waals surface area contributed by atoms with Gasteiger partial charge in [-0.05, 0) is 43.9 Å². The fourth-order valence-electron chi connectivity index (χ4n) is 4.07. The van der Waals surface area contributed by atoms with Gasteiger partial charge in [0.2, 0.25) is 0 Å². The van der Waals surface area contributed by atoms with Gasteiger partial charge in [0.05, 0.1) is 12.6 Å². The summed E-state index contributed by atoms with van der Waals surface area (Å²) in [5.41, 5.74) is 1.68. The normalized spacial score (nSPS) is 22.4. The minimum Gasteiger partial charge on any atom is -0.497 e. The van der Waals surface area contributed by atoms with E-state index in [0.717, 1.165) is 26.0 Å². The summed E-state index contributed by atoms with van der Waals surface area (Å²) in [5.74, 6) is 1.19. The van der Waals surface area contributed by atoms with Crippen LogP contribution < -0.4 is 5.32 Å². The number of rotatable bonds is 5. The van der Waals surface area contributed by atoms with E-state index in [1.165, 1.54) is 37.0 Å². The highest BCUT2D eigenvalue weighted by molar-refractivity contribution is 5.33. The second-order valence-corrected chi connectivity index (χ2v) is 6.32. The number of benzene rings is 1. The van der Waals surface area contributed by atoms with Crippen LogP contribution >= 0.6 is 0 Å². The van der Waals surface area contributed by atoms with E-state index in [1.807, 2.05) is 0 Å². The van der Waals surface area contributed by atoms with Gasteiger partial charge in [0.25, 0.3) is 0 Å². The molecule has 2 aliphatic rings. The second-order valence-electron chi connectivity index (χ2n) is 6.32. The molecule has 1 aliphatic heterocycles. The van der Waals surface area contributed by atoms with Gasteiger partial charge in [0, 0.05) is 5.41 Å². The number of allylic oxidation sites excluding steroid dienone is 1. The number of hydrogen-bond acceptors (Lipinski definition) is 2. The summed E-state index contributed by atoms with van der Waals surface area (Å²) >= 11 is 0. The zero-order chi connectivity index (χ0) is 14.5. The van der Waals surface area contributed by atoms with E-state index >= 15 is 0 Å². The molecule has 1 heterocycles. The first-order valence-electron chi connectivity index (χ1n) is 8.48. The maximum absolute atomic E-state index is 6.05. The molecule has 0 aromatic heterocycles. The van der Waals surface area contributed by atoms with Gasteiger partial charge < -0.3 is 10.1 Å². The van der Waals surface area contributed by atoms with Crippen LogP contribution in [0.4, 0.5) is 0 Å². The minimum absolute atomic E-state index is 0.209. The van der Waals surface area contributed by atoms with Crippen LogP contribution in [-0.4, -0.2) is 19.2 Å². The van der Waals surface area contributed by atoms with Gasteiger partial charge in [-0.25, -0.2) is 0 Å². The number of nitrogens with one attached hydrogen (secondary N) is 1. The highest BCUT2D eigenvalue weighted by atomic mass is 16.5. The Balaban J connectivity index is 1.98. The fraction of sp³-hybridized carbons (Fsp3) is 0.579. The molecule has 0 amide bonds. The van der Waals surface area contributed by atoms with E-state index in [-0.39, 0.29) is 5.41 Å². The van der Waals surface area contributed by atoms with Gasteiger partial charge in [-0.1, -0.05) is 50.1 Å². The molecule has 2 heteroatoms. The molecule has 21 heavy (non-hydrogen) atoms. The van der Waals surface area contributed by atoms with Crippen molar-refractivity contribution in [1.82, 2.24) is 5.32 Å². The lowest BCUT2D eigenvalue weighted by atomic mass is 9.71. The van der Waals surface area contributed by atoms with E-state index in [4.69, 9.17) is 4.74 Å². The molecule has 1 saturated carbocycles. The Morgan fingerprint density at radius 1 is 1.14 bits per heavy atom. The van der Waals surface area contributed by atoms with Gasteiger partial charge in [-0.15, -0.1) is 0 Å². The van der Waals surface area contributed by atoms with E-state index < -0.39 is 0 Å². The van der Waals surface area contributed by atoms with Crippen molar-refractivity contribution in [3.63, 3.8) is 0 Å². The van der Waals surface area contributed by atoms with Crippen LogP contribution in [0.3, 0.4) is 0 Å². The van der Waals surface area contributed by atoms with Gasteiger partial charge in [0.15, 0.2) is 0 Å². The Kier molecular flexibility index (Phi) is 4.64. The Labute approximate surface area is 128 Å². The minimum atomic E-state index is 0.209. The first kappa shape index (κ1) is 14.6. The number of hydrogen-bond donors (Lipinski definition) is 1. The van der Waals surface area contributed by atoms with Crippen LogP contribution in [0, 0.1) is 0 Å². The van der Waals surface area contributed by atoms with Crippen molar-refractivity contribution in [2.24, 2.45) is 0 Å². The Morgan fingerprint density at radius 2 is 1.90 bits per heavy atom. The molecule has 1 aromatic carbocycles. The van der Waals surface area contributed by atoms with Crippen LogP contribution in [0.5, 0.6) is 0 Å². The molecule has 0 spiro atoms. The summed E-state index contributed by atoms with van der Waals surface area (Å²) in [6.45, 7) is 4.06. The molecular formula is C19H27NO. The number of ether oxygens (including phenoxy) is 1. The van der Waals surface area contributed by atoms with Gasteiger partial charge in [-0.3, -0.25) is 0 Å². The summed E-state index contributed by atoms with van der Waals surface area (Å²) in [6.07, 6.45) is 9.79. The van der Waals surface area contributed by atoms with E-state index in [1.54, 1.807) is 0 Å². The van der Waals surface area contributed by atoms with Crippen LogP contribution in [0.25, 0.3) is 0 Å². The van der Waals surface area contributed by atoms with Crippen LogP contribution in [0.2, 0.25) is 0 Å². The SMILES string of the molecule is CCNC(C1=CCCCO1)C1(c2ccccc2)CCCC1. The number of likely N-dealkylation sites (N-methyl/N-ethyl adjacent to an activating group) is 1. The molecule has 2 nitrogen and oxygen atoms in total. The Hall–Kier alpha value is -1.28. The third-order valence-electron chi connectivity index (χ3n) is 5.05. The predicted molar refractivity (Wildman–Crippen MR) is 87.3 cm³/mol. The van der Waals surface area contributed by atoms with Crippen molar-refractivity contribution in [3.05, 3.63) is 47.7 Å². The van der Waals surface area contributed by atoms with Crippen molar-refractivity contribution >= 4 is 0 Å². The van der Waals surface area contributed by atoms with Gasteiger partial charge >= 0.3 is 0 Å². The highest BCUT2D eigenvalue weighted by Crippen LogP contribution is 2.46. The summed E-state index contributed by atoms with van der Waals surface area (Å²) in [7, 11) is 0. The smallest absolute Gasteiger partial charge is 0.110 e. The molecule has 1 fully saturated rings. The summed E-state index contributed by atoms with van der Waals surface area (Å²) in [4.78, 5) is 0. The zero-order valence-electron chi connectivity index (χ0n) is 13.1. The van der Waals surface area contributed by atoms with E-state index in [0.29, 0.717) is 6.04 Å². The van der Waals surface area contributed by atoms with Crippen LogP contribution in [0.15, 0.2) is 42.2 Å². The molecule has 1 unspecified atom stereocenters. The van der Waals surface area contributed by atoms with Gasteiger partial charge in [-0.2, -0.15) is 0 Å². The van der Waals surface area contributed by atoms with Crippen molar-refractivity contribution in [3.8, 4) is 0 Å². The predicted octanol–water partition coefficient (Wildman–Crippen LogP) is 4.17.